The van der Waals surface area contributed by atoms with Gasteiger partial charge in [0.25, 0.3) is 0 Å². The number of aryl methyl sites for hydroxylation is 10. The number of aromatic nitrogens is 7. The van der Waals surface area contributed by atoms with E-state index < -0.39 is 6.98 Å². The van der Waals surface area contributed by atoms with Gasteiger partial charge in [-0.25, -0.2) is 4.98 Å². The van der Waals surface area contributed by atoms with Crippen molar-refractivity contribution in [2.24, 2.45) is 7.05 Å². The Morgan fingerprint density at radius 1 is 0.321 bits per heavy atom. The third kappa shape index (κ3) is 13.5. The van der Waals surface area contributed by atoms with Gasteiger partial charge in [0, 0.05) is 170 Å². The highest BCUT2D eigenvalue weighted by molar-refractivity contribution is 5.96. The molecule has 0 N–H and O–H groups in total. The van der Waals surface area contributed by atoms with Crippen LogP contribution in [0.3, 0.4) is 0 Å². The Balaban J connectivity index is 0.000000108. The maximum Gasteiger partial charge on any atom is 0.213 e. The summed E-state index contributed by atoms with van der Waals surface area (Å²) in [6.07, 6.45) is 12.2. The van der Waals surface area contributed by atoms with Gasteiger partial charge >= 0.3 is 0 Å². The Morgan fingerprint density at radius 2 is 0.710 bits per heavy atom. The van der Waals surface area contributed by atoms with E-state index in [2.05, 4.69) is 407 Å². The molecule has 5 aliphatic carbocycles. The van der Waals surface area contributed by atoms with E-state index in [1.807, 2.05) is 44.6 Å². The Bertz CT molecular complexity index is 7070. The first-order valence-electron chi connectivity index (χ1n) is 48.0. The molecule has 0 saturated carbocycles. The first kappa shape index (κ1) is 83.4. The van der Waals surface area contributed by atoms with Crippen LogP contribution in [-0.2, 0) is 34.1 Å². The average molecular weight is 1730 g/mol. The lowest BCUT2D eigenvalue weighted by Crippen LogP contribution is -2.37. The van der Waals surface area contributed by atoms with Crippen molar-refractivity contribution in [3.05, 3.63) is 338 Å². The SMILES string of the molecule is Cc1cc2c(cc1-c1ccc3ccccc3[n+]1C)C(C)(C)c1ncccc1-2.Cc1ccc2c(n1)C(C)(C)c1c-2ccc(C)c1N1C=CN(C)[C@@H]1C.Cc1ccc2c(n1)C(C)(C)c1c-2ccc(C)c1N1c2ccccc2N(C)[C@@H]1C.Cc1ccc2c(n1)C(C)(C)c1c-2ccc(C)c1N1c2ncccc2N(C)[C@@H]1C.[2H]C([2H])([2H])N1C=CN(c2c(C)ccc3c2C(C)(C)c2nc(C)ccc2-3)[C@H]1C. The molecule has 9 aliphatic rings. The van der Waals surface area contributed by atoms with Crippen molar-refractivity contribution in [3.8, 4) is 66.9 Å². The van der Waals surface area contributed by atoms with Crippen molar-refractivity contribution < 1.29 is 8.68 Å². The molecule has 0 unspecified atom stereocenters. The molecular weight excluding hydrogens is 1600 g/mol. The number of hydrogen-bond donors (Lipinski definition) is 0. The second-order valence-electron chi connectivity index (χ2n) is 40.4. The van der Waals surface area contributed by atoms with Crippen LogP contribution in [0.15, 0.2) is 231 Å². The van der Waals surface area contributed by atoms with E-state index in [9.17, 15) is 0 Å². The van der Waals surface area contributed by atoms with Gasteiger partial charge in [0.1, 0.15) is 31.7 Å². The maximum absolute atomic E-state index is 7.80. The fourth-order valence-electron chi connectivity index (χ4n) is 22.8. The minimum absolute atomic E-state index is 0.0796. The zero-order valence-electron chi connectivity index (χ0n) is 84.5. The van der Waals surface area contributed by atoms with Crippen molar-refractivity contribution in [2.45, 2.75) is 211 Å². The van der Waals surface area contributed by atoms with E-state index >= 15 is 0 Å². The molecule has 0 radical (unpaired) electrons. The van der Waals surface area contributed by atoms with Crippen LogP contribution in [0.4, 0.5) is 45.6 Å². The first-order valence-corrected chi connectivity index (χ1v) is 46.5. The van der Waals surface area contributed by atoms with E-state index in [1.54, 1.807) is 6.20 Å². The molecule has 15 nitrogen and oxygen atoms in total. The van der Waals surface area contributed by atoms with Gasteiger partial charge in [-0.15, -0.1) is 0 Å². The lowest BCUT2D eigenvalue weighted by molar-refractivity contribution is -0.633. The second kappa shape index (κ2) is 31.5. The average Bonchev–Trinajstić information content (AvgIpc) is 1.57. The van der Waals surface area contributed by atoms with Crippen LogP contribution >= 0.6 is 0 Å². The number of rotatable bonds is 5. The van der Waals surface area contributed by atoms with Crippen LogP contribution in [0, 0.1) is 62.3 Å². The van der Waals surface area contributed by atoms with Crippen molar-refractivity contribution in [1.82, 2.24) is 39.7 Å². The molecular formula is C116H126N15+. The fraction of sp³-hybridized carbons (Fsp3) is 0.319. The number of fused-ring (bicyclic) bond motifs is 18. The summed E-state index contributed by atoms with van der Waals surface area (Å²) in [6.45, 7) is 48.6. The first-order chi connectivity index (χ1) is 63.5. The van der Waals surface area contributed by atoms with E-state index in [1.165, 1.54) is 190 Å². The molecule has 15 heteroatoms. The fourth-order valence-corrected chi connectivity index (χ4v) is 22.8. The summed E-state index contributed by atoms with van der Waals surface area (Å²) >= 11 is 0. The van der Waals surface area contributed by atoms with Gasteiger partial charge in [-0.1, -0.05) is 178 Å². The molecule has 7 aromatic heterocycles. The molecule has 23 rings (SSSR count). The minimum Gasteiger partial charge on any atom is -0.359 e. The zero-order valence-corrected chi connectivity index (χ0v) is 81.5. The molecule has 11 heterocycles. The topological polar surface area (TPSA) is 107 Å². The van der Waals surface area contributed by atoms with Gasteiger partial charge in [-0.05, 0) is 246 Å². The highest BCUT2D eigenvalue weighted by Crippen LogP contribution is 2.61. The molecule has 14 aromatic rings. The lowest BCUT2D eigenvalue weighted by Gasteiger charge is -2.34. The molecule has 4 aliphatic heterocycles. The van der Waals surface area contributed by atoms with Gasteiger partial charge in [-0.3, -0.25) is 24.9 Å². The maximum atomic E-state index is 7.80. The molecule has 131 heavy (non-hydrogen) atoms. The molecule has 664 valence electrons. The third-order valence-corrected chi connectivity index (χ3v) is 30.2. The molecule has 0 bridgehead atoms. The smallest absolute Gasteiger partial charge is 0.213 e. The van der Waals surface area contributed by atoms with Gasteiger partial charge in [0.2, 0.25) is 11.2 Å². The van der Waals surface area contributed by atoms with E-state index in [-0.39, 0.29) is 45.6 Å². The summed E-state index contributed by atoms with van der Waals surface area (Å²) in [7, 11) is 8.62. The van der Waals surface area contributed by atoms with Crippen molar-refractivity contribution >= 4 is 56.5 Å². The number of para-hydroxylation sites is 3. The van der Waals surface area contributed by atoms with Crippen LogP contribution in [0.1, 0.15) is 208 Å². The van der Waals surface area contributed by atoms with Gasteiger partial charge in [-0.2, -0.15) is 4.57 Å². The number of anilines is 8. The molecule has 4 atom stereocenters. The van der Waals surface area contributed by atoms with Gasteiger partial charge in [0.15, 0.2) is 5.82 Å². The summed E-state index contributed by atoms with van der Waals surface area (Å²) in [5, 5.41) is 1.26. The molecule has 7 aromatic carbocycles. The normalized spacial score (nSPS) is 18.9. The highest BCUT2D eigenvalue weighted by atomic mass is 15.4. The molecule has 0 saturated heterocycles. The number of benzene rings is 7. The predicted octanol–water partition coefficient (Wildman–Crippen LogP) is 25.8. The minimum atomic E-state index is -2.16. The Kier molecular flexibility index (Phi) is 20.1. The summed E-state index contributed by atoms with van der Waals surface area (Å²) in [5.41, 5.74) is 47.8. The van der Waals surface area contributed by atoms with Crippen LogP contribution in [0.2, 0.25) is 0 Å². The van der Waals surface area contributed by atoms with Crippen LogP contribution < -0.4 is 34.0 Å². The molecule has 0 spiro atoms. The standard InChI is InChI=1S/C25H27N3.C25H23N2.C24H26N4.2C21H25N3/c1-15-11-13-18-19-14-12-16(2)26-24(19)25(4,5)22(18)23(15)28-17(3)27(6)20-9-7-8-10-21(20)28;1-16-14-20-18-9-7-13-26-24(18)25(2,3)21(20)15-19(16)23-12-11-17-8-5-6-10-22(17)27(23)4;1-14-9-11-17-18-12-10-15(2)26-22(18)24(4,5)20(17)21(14)28-16(3)27(6)19-8-7-13-25-23(19)28;2*1-13-7-9-16-17-10-8-14(2)22-20(17)21(4,5)18(16)19(13)24-12-11-23(6)15(24)3/h7-14,17H,1-6H3;5-15H,1-4H3;7-13,16H,1-6H3;2*7-12,15H,1-6H3/q;+1;;;/t17-;;16-;2*15-/m0.000/s1/i;;;6D3;. The zero-order chi connectivity index (χ0) is 95.3. The monoisotopic (exact) mass is 1730 g/mol. The lowest BCUT2D eigenvalue weighted by atomic mass is 9.82. The molecule has 0 amide bonds. The predicted molar refractivity (Wildman–Crippen MR) is 544 cm³/mol. The number of pyridine rings is 7. The van der Waals surface area contributed by atoms with Crippen LogP contribution in [0.5, 0.6) is 0 Å². The van der Waals surface area contributed by atoms with Crippen LogP contribution in [-0.4, -0.2) is 92.5 Å². The number of hydrogen-bond acceptors (Lipinski definition) is 14. The third-order valence-electron chi connectivity index (χ3n) is 30.2. The van der Waals surface area contributed by atoms with Crippen molar-refractivity contribution in [1.29, 1.82) is 0 Å². The second-order valence-corrected chi connectivity index (χ2v) is 40.4. The Morgan fingerprint density at radius 3 is 1.18 bits per heavy atom. The summed E-state index contributed by atoms with van der Waals surface area (Å²) in [4.78, 5) is 46.9. The Labute approximate surface area is 780 Å². The van der Waals surface area contributed by atoms with Gasteiger partial charge in [0.05, 0.1) is 68.3 Å². The quantitative estimate of drug-likeness (QED) is 0.153. The van der Waals surface area contributed by atoms with Crippen molar-refractivity contribution in [3.63, 3.8) is 0 Å². The largest absolute Gasteiger partial charge is 0.359 e. The van der Waals surface area contributed by atoms with Crippen molar-refractivity contribution in [2.75, 3.05) is 57.5 Å². The van der Waals surface area contributed by atoms with Gasteiger partial charge < -0.3 is 39.2 Å². The van der Waals surface area contributed by atoms with Crippen LogP contribution in [0.25, 0.3) is 77.8 Å². The summed E-state index contributed by atoms with van der Waals surface area (Å²) in [6, 6.07) is 70.0. The van der Waals surface area contributed by atoms with E-state index in [4.69, 9.17) is 34.0 Å². The van der Waals surface area contributed by atoms with E-state index in [0.29, 0.717) is 6.17 Å². The summed E-state index contributed by atoms with van der Waals surface area (Å²) < 4.78 is 25.7. The number of nitrogens with zero attached hydrogens (tertiary/aromatic N) is 15. The highest BCUT2D eigenvalue weighted by Gasteiger charge is 2.49. The molecule has 0 fully saturated rings. The summed E-state index contributed by atoms with van der Waals surface area (Å²) in [5.74, 6) is 1.03. The van der Waals surface area contributed by atoms with E-state index in [0.717, 1.165) is 45.5 Å². The Hall–Kier alpha value is -13.3.